The molecule has 2 aliphatic rings. The van der Waals surface area contributed by atoms with Crippen molar-refractivity contribution in [2.24, 2.45) is 11.8 Å². The van der Waals surface area contributed by atoms with E-state index in [0.29, 0.717) is 37.8 Å². The molecule has 0 radical (unpaired) electrons. The number of carbonyl (C=O) groups excluding carboxylic acids is 1. The number of hydrogen-bond acceptors (Lipinski definition) is 4. The van der Waals surface area contributed by atoms with Gasteiger partial charge >= 0.3 is 6.18 Å². The summed E-state index contributed by atoms with van der Waals surface area (Å²) in [6.45, 7) is 3.97. The molecule has 3 rings (SSSR count). The summed E-state index contributed by atoms with van der Waals surface area (Å²) in [5.41, 5.74) is -0.757. The highest BCUT2D eigenvalue weighted by Gasteiger charge is 2.32. The van der Waals surface area contributed by atoms with Crippen molar-refractivity contribution in [3.63, 3.8) is 0 Å². The van der Waals surface area contributed by atoms with Crippen molar-refractivity contribution in [1.82, 2.24) is 15.2 Å². The Morgan fingerprint density at radius 3 is 2.58 bits per heavy atom. The first-order chi connectivity index (χ1) is 12.3. The fourth-order valence-corrected chi connectivity index (χ4v) is 3.58. The number of piperidine rings is 1. The fraction of sp³-hybridized carbons (Fsp3) is 0.667. The molecule has 1 amide bonds. The summed E-state index contributed by atoms with van der Waals surface area (Å²) in [5.74, 6) is 0.927. The summed E-state index contributed by atoms with van der Waals surface area (Å²) < 4.78 is 37.8. The quantitative estimate of drug-likeness (QED) is 0.884. The first-order valence-corrected chi connectivity index (χ1v) is 9.07. The van der Waals surface area contributed by atoms with Gasteiger partial charge in [-0.05, 0) is 57.5 Å². The standard InChI is InChI=1S/C18H25F3N4O/c1-24-7-4-13(5-8-24)10-23-17(26)14-6-9-25(12-14)16-3-2-15(11-22-16)18(19,20)21/h2-3,11,13-14H,4-10,12H2,1H3,(H,23,26)/t14-/m0/s1. The van der Waals surface area contributed by atoms with E-state index < -0.39 is 11.7 Å². The van der Waals surface area contributed by atoms with E-state index in [1.54, 1.807) is 0 Å². The largest absolute Gasteiger partial charge is 0.417 e. The Morgan fingerprint density at radius 1 is 1.23 bits per heavy atom. The van der Waals surface area contributed by atoms with E-state index in [-0.39, 0.29) is 11.8 Å². The van der Waals surface area contributed by atoms with E-state index in [1.165, 1.54) is 6.07 Å². The van der Waals surface area contributed by atoms with E-state index in [9.17, 15) is 18.0 Å². The zero-order chi connectivity index (χ0) is 18.7. The van der Waals surface area contributed by atoms with Gasteiger partial charge in [0.2, 0.25) is 5.91 Å². The Bertz CT molecular complexity index is 612. The molecule has 5 nitrogen and oxygen atoms in total. The van der Waals surface area contributed by atoms with Gasteiger partial charge in [-0.15, -0.1) is 0 Å². The van der Waals surface area contributed by atoms with Crippen molar-refractivity contribution in [1.29, 1.82) is 0 Å². The topological polar surface area (TPSA) is 48.5 Å². The molecule has 0 unspecified atom stereocenters. The summed E-state index contributed by atoms with van der Waals surface area (Å²) in [4.78, 5) is 20.5. The molecule has 2 fully saturated rings. The number of pyridine rings is 1. The summed E-state index contributed by atoms with van der Waals surface area (Å²) in [6, 6.07) is 2.41. The van der Waals surface area contributed by atoms with Gasteiger partial charge in [-0.25, -0.2) is 4.98 Å². The molecule has 0 saturated carbocycles. The van der Waals surface area contributed by atoms with Crippen LogP contribution in [0.4, 0.5) is 19.0 Å². The van der Waals surface area contributed by atoms with Crippen LogP contribution < -0.4 is 10.2 Å². The van der Waals surface area contributed by atoms with Crippen LogP contribution in [0.5, 0.6) is 0 Å². The minimum atomic E-state index is -4.38. The number of likely N-dealkylation sites (tertiary alicyclic amines) is 1. The lowest BCUT2D eigenvalue weighted by Crippen LogP contribution is -2.39. The van der Waals surface area contributed by atoms with Crippen LogP contribution in [0.25, 0.3) is 0 Å². The molecule has 0 aromatic carbocycles. The summed E-state index contributed by atoms with van der Waals surface area (Å²) in [7, 11) is 2.11. The molecule has 3 heterocycles. The van der Waals surface area contributed by atoms with E-state index >= 15 is 0 Å². The van der Waals surface area contributed by atoms with E-state index in [2.05, 4.69) is 22.2 Å². The van der Waals surface area contributed by atoms with Crippen LogP contribution in [0, 0.1) is 11.8 Å². The van der Waals surface area contributed by atoms with Crippen LogP contribution in [0.15, 0.2) is 18.3 Å². The summed E-state index contributed by atoms with van der Waals surface area (Å²) in [5, 5.41) is 3.06. The third-order valence-corrected chi connectivity index (χ3v) is 5.36. The second-order valence-electron chi connectivity index (χ2n) is 7.33. The van der Waals surface area contributed by atoms with Gasteiger partial charge in [-0.3, -0.25) is 4.79 Å². The van der Waals surface area contributed by atoms with Gasteiger partial charge in [0.1, 0.15) is 5.82 Å². The molecule has 26 heavy (non-hydrogen) atoms. The molecule has 0 bridgehead atoms. The van der Waals surface area contributed by atoms with Gasteiger partial charge in [-0.2, -0.15) is 13.2 Å². The highest BCUT2D eigenvalue weighted by Crippen LogP contribution is 2.30. The van der Waals surface area contributed by atoms with Crippen molar-refractivity contribution in [3.8, 4) is 0 Å². The molecule has 2 aliphatic heterocycles. The minimum absolute atomic E-state index is 0.0401. The number of alkyl halides is 3. The summed E-state index contributed by atoms with van der Waals surface area (Å²) >= 11 is 0. The van der Waals surface area contributed by atoms with Gasteiger partial charge < -0.3 is 15.1 Å². The smallest absolute Gasteiger partial charge is 0.356 e. The van der Waals surface area contributed by atoms with Crippen molar-refractivity contribution < 1.29 is 18.0 Å². The molecule has 144 valence electrons. The van der Waals surface area contributed by atoms with Gasteiger partial charge in [0.15, 0.2) is 0 Å². The molecule has 1 aromatic heterocycles. The van der Waals surface area contributed by atoms with Crippen LogP contribution in [0.1, 0.15) is 24.8 Å². The second kappa shape index (κ2) is 7.82. The molecule has 1 N–H and O–H groups in total. The molecular formula is C18H25F3N4O. The van der Waals surface area contributed by atoms with Crippen LogP contribution >= 0.6 is 0 Å². The average molecular weight is 370 g/mol. The van der Waals surface area contributed by atoms with Gasteiger partial charge in [-0.1, -0.05) is 0 Å². The second-order valence-corrected chi connectivity index (χ2v) is 7.33. The Morgan fingerprint density at radius 2 is 1.96 bits per heavy atom. The zero-order valence-corrected chi connectivity index (χ0v) is 14.9. The maximum absolute atomic E-state index is 12.6. The number of amides is 1. The predicted octanol–water partition coefficient (Wildman–Crippen LogP) is 2.38. The summed E-state index contributed by atoms with van der Waals surface area (Å²) in [6.07, 6.45) is -0.635. The van der Waals surface area contributed by atoms with Crippen molar-refractivity contribution in [2.75, 3.05) is 44.7 Å². The van der Waals surface area contributed by atoms with Crippen molar-refractivity contribution >= 4 is 11.7 Å². The Kier molecular flexibility index (Phi) is 5.70. The molecule has 8 heteroatoms. The van der Waals surface area contributed by atoms with Crippen molar-refractivity contribution in [3.05, 3.63) is 23.9 Å². The fourth-order valence-electron chi connectivity index (χ4n) is 3.58. The molecule has 0 spiro atoms. The van der Waals surface area contributed by atoms with Gasteiger partial charge in [0.25, 0.3) is 0 Å². The highest BCUT2D eigenvalue weighted by atomic mass is 19.4. The third-order valence-electron chi connectivity index (χ3n) is 5.36. The number of nitrogens with one attached hydrogen (secondary N) is 1. The lowest BCUT2D eigenvalue weighted by Gasteiger charge is -2.29. The van der Waals surface area contributed by atoms with Gasteiger partial charge in [0.05, 0.1) is 11.5 Å². The van der Waals surface area contributed by atoms with E-state index in [0.717, 1.165) is 38.2 Å². The normalized spacial score (nSPS) is 22.6. The minimum Gasteiger partial charge on any atom is -0.356 e. The molecule has 0 aliphatic carbocycles. The first-order valence-electron chi connectivity index (χ1n) is 9.07. The molecule has 1 aromatic rings. The predicted molar refractivity (Wildman–Crippen MR) is 92.8 cm³/mol. The lowest BCUT2D eigenvalue weighted by molar-refractivity contribution is -0.137. The van der Waals surface area contributed by atoms with E-state index in [4.69, 9.17) is 0 Å². The van der Waals surface area contributed by atoms with Gasteiger partial charge in [0, 0.05) is 25.8 Å². The van der Waals surface area contributed by atoms with Crippen LogP contribution in [0.2, 0.25) is 0 Å². The number of rotatable bonds is 4. The van der Waals surface area contributed by atoms with Crippen LogP contribution in [-0.4, -0.2) is 55.6 Å². The highest BCUT2D eigenvalue weighted by molar-refractivity contribution is 5.80. The maximum Gasteiger partial charge on any atom is 0.417 e. The number of hydrogen-bond donors (Lipinski definition) is 1. The average Bonchev–Trinajstić information content (AvgIpc) is 3.10. The monoisotopic (exact) mass is 370 g/mol. The lowest BCUT2D eigenvalue weighted by atomic mass is 9.97. The number of aromatic nitrogens is 1. The number of halogens is 3. The zero-order valence-electron chi connectivity index (χ0n) is 14.9. The number of nitrogens with zero attached hydrogens (tertiary/aromatic N) is 3. The molecule has 1 atom stereocenters. The Balaban J connectivity index is 1.48. The van der Waals surface area contributed by atoms with Crippen LogP contribution in [0.3, 0.4) is 0 Å². The Hall–Kier alpha value is -1.83. The number of carbonyl (C=O) groups is 1. The van der Waals surface area contributed by atoms with E-state index in [1.807, 2.05) is 4.90 Å². The first kappa shape index (κ1) is 18.9. The van der Waals surface area contributed by atoms with Crippen molar-refractivity contribution in [2.45, 2.75) is 25.4 Å². The molecule has 2 saturated heterocycles. The third kappa shape index (κ3) is 4.66. The number of anilines is 1. The SMILES string of the molecule is CN1CCC(CNC(=O)[C@H]2CCN(c3ccc(C(F)(F)F)cn3)C2)CC1. The molecular weight excluding hydrogens is 345 g/mol. The van der Waals surface area contributed by atoms with Crippen LogP contribution in [-0.2, 0) is 11.0 Å². The Labute approximate surface area is 151 Å². The maximum atomic E-state index is 12.6.